The van der Waals surface area contributed by atoms with Crippen molar-refractivity contribution < 1.29 is 14.7 Å². The highest BCUT2D eigenvalue weighted by Crippen LogP contribution is 2.09. The highest BCUT2D eigenvalue weighted by molar-refractivity contribution is 5.88. The van der Waals surface area contributed by atoms with Crippen molar-refractivity contribution in [3.05, 3.63) is 12.4 Å². The Bertz CT molecular complexity index is 443. The molecule has 7 heteroatoms. The van der Waals surface area contributed by atoms with E-state index in [1.165, 1.54) is 0 Å². The molecule has 0 unspecified atom stereocenters. The molecule has 0 fully saturated rings. The molecule has 0 bridgehead atoms. The van der Waals surface area contributed by atoms with E-state index in [2.05, 4.69) is 15.7 Å². The number of aromatic nitrogens is 2. The summed E-state index contributed by atoms with van der Waals surface area (Å²) >= 11 is 0. The van der Waals surface area contributed by atoms with Crippen LogP contribution in [0.3, 0.4) is 0 Å². The molecule has 112 valence electrons. The number of aliphatic carboxylic acids is 1. The van der Waals surface area contributed by atoms with Gasteiger partial charge in [-0.25, -0.2) is 4.79 Å². The van der Waals surface area contributed by atoms with Gasteiger partial charge in [-0.1, -0.05) is 6.42 Å². The monoisotopic (exact) mass is 282 g/mol. The molecule has 0 aliphatic carbocycles. The Balaban J connectivity index is 2.15. The van der Waals surface area contributed by atoms with E-state index in [0.29, 0.717) is 18.7 Å². The highest BCUT2D eigenvalue weighted by Gasteiger charge is 2.05. The number of nitrogens with zero attached hydrogens (tertiary/aromatic N) is 2. The van der Waals surface area contributed by atoms with Crippen LogP contribution in [0.25, 0.3) is 0 Å². The fraction of sp³-hybridized carbons (Fsp3) is 0.615. The molecule has 0 saturated carbocycles. The summed E-state index contributed by atoms with van der Waals surface area (Å²) in [5.74, 6) is -0.780. The van der Waals surface area contributed by atoms with E-state index in [9.17, 15) is 9.59 Å². The van der Waals surface area contributed by atoms with Gasteiger partial charge < -0.3 is 15.7 Å². The molecule has 1 aromatic rings. The molecule has 1 aromatic heterocycles. The predicted octanol–water partition coefficient (Wildman–Crippen LogP) is 2.23. The molecule has 0 radical (unpaired) electrons. The third kappa shape index (κ3) is 6.21. The summed E-state index contributed by atoms with van der Waals surface area (Å²) in [6.45, 7) is 4.55. The van der Waals surface area contributed by atoms with Gasteiger partial charge in [-0.3, -0.25) is 9.48 Å². The Morgan fingerprint density at radius 3 is 2.70 bits per heavy atom. The Morgan fingerprint density at radius 2 is 2.10 bits per heavy atom. The quantitative estimate of drug-likeness (QED) is 0.637. The van der Waals surface area contributed by atoms with E-state index in [1.807, 2.05) is 13.8 Å². The predicted molar refractivity (Wildman–Crippen MR) is 75.7 cm³/mol. The van der Waals surface area contributed by atoms with Gasteiger partial charge in [0.15, 0.2) is 0 Å². The van der Waals surface area contributed by atoms with Crippen molar-refractivity contribution in [1.29, 1.82) is 0 Å². The Hall–Kier alpha value is -2.05. The van der Waals surface area contributed by atoms with Crippen molar-refractivity contribution in [3.8, 4) is 0 Å². The van der Waals surface area contributed by atoms with Gasteiger partial charge in [0, 0.05) is 25.2 Å². The van der Waals surface area contributed by atoms with E-state index in [0.717, 1.165) is 12.8 Å². The summed E-state index contributed by atoms with van der Waals surface area (Å²) in [6, 6.07) is -0.0191. The zero-order valence-corrected chi connectivity index (χ0v) is 11.9. The number of hydrogen-bond donors (Lipinski definition) is 3. The summed E-state index contributed by atoms with van der Waals surface area (Å²) < 4.78 is 1.77. The first-order valence-electron chi connectivity index (χ1n) is 6.80. The minimum atomic E-state index is -0.780. The van der Waals surface area contributed by atoms with Crippen molar-refractivity contribution in [1.82, 2.24) is 15.1 Å². The molecule has 0 atom stereocenters. The number of carboxylic acid groups (broad SMARTS) is 1. The van der Waals surface area contributed by atoms with Gasteiger partial charge in [0.1, 0.15) is 0 Å². The molecule has 0 saturated heterocycles. The van der Waals surface area contributed by atoms with Crippen molar-refractivity contribution in [2.75, 3.05) is 11.9 Å². The number of carbonyl (C=O) groups is 2. The lowest BCUT2D eigenvalue weighted by molar-refractivity contribution is -0.137. The summed E-state index contributed by atoms with van der Waals surface area (Å²) in [4.78, 5) is 21.9. The molecule has 0 aromatic carbocycles. The van der Waals surface area contributed by atoms with Crippen LogP contribution in [0.5, 0.6) is 0 Å². The van der Waals surface area contributed by atoms with Crippen LogP contribution in [0.2, 0.25) is 0 Å². The maximum Gasteiger partial charge on any atom is 0.319 e. The molecular formula is C13H22N4O3. The average Bonchev–Trinajstić information content (AvgIpc) is 2.81. The average molecular weight is 282 g/mol. The Labute approximate surface area is 118 Å². The van der Waals surface area contributed by atoms with Crippen molar-refractivity contribution >= 4 is 17.7 Å². The highest BCUT2D eigenvalue weighted by atomic mass is 16.4. The first-order valence-corrected chi connectivity index (χ1v) is 6.80. The van der Waals surface area contributed by atoms with Gasteiger partial charge in [-0.15, -0.1) is 0 Å². The molecule has 1 rings (SSSR count). The minimum absolute atomic E-state index is 0.181. The van der Waals surface area contributed by atoms with Gasteiger partial charge in [-0.05, 0) is 26.7 Å². The number of anilines is 1. The first kappa shape index (κ1) is 16.0. The van der Waals surface area contributed by atoms with Crippen molar-refractivity contribution in [2.45, 2.75) is 45.6 Å². The molecule has 0 aliphatic rings. The second kappa shape index (κ2) is 8.19. The van der Waals surface area contributed by atoms with Crippen LogP contribution in [0, 0.1) is 0 Å². The number of carbonyl (C=O) groups excluding carboxylic acids is 1. The number of hydrogen-bond acceptors (Lipinski definition) is 3. The van der Waals surface area contributed by atoms with Crippen LogP contribution in [0.1, 0.15) is 45.6 Å². The summed E-state index contributed by atoms with van der Waals surface area (Å²) in [6.07, 6.45) is 5.76. The first-order chi connectivity index (χ1) is 9.49. The maximum atomic E-state index is 11.6. The number of carboxylic acids is 1. The topological polar surface area (TPSA) is 96.2 Å². The van der Waals surface area contributed by atoms with Gasteiger partial charge >= 0.3 is 12.0 Å². The number of nitrogens with one attached hydrogen (secondary N) is 2. The number of amides is 2. The van der Waals surface area contributed by atoms with E-state index in [4.69, 9.17) is 5.11 Å². The fourth-order valence-corrected chi connectivity index (χ4v) is 1.64. The molecule has 2 amide bonds. The third-order valence-corrected chi connectivity index (χ3v) is 2.74. The number of unbranched alkanes of at least 4 members (excludes halogenated alkanes) is 2. The fourth-order valence-electron chi connectivity index (χ4n) is 1.64. The zero-order valence-electron chi connectivity index (χ0n) is 11.9. The summed E-state index contributed by atoms with van der Waals surface area (Å²) in [5.41, 5.74) is 0.655. The normalized spacial score (nSPS) is 10.6. The van der Waals surface area contributed by atoms with Crippen LogP contribution in [-0.2, 0) is 4.79 Å². The van der Waals surface area contributed by atoms with E-state index < -0.39 is 5.97 Å². The molecule has 0 spiro atoms. The van der Waals surface area contributed by atoms with E-state index in [-0.39, 0.29) is 18.5 Å². The van der Waals surface area contributed by atoms with Crippen LogP contribution >= 0.6 is 0 Å². The molecule has 1 heterocycles. The van der Waals surface area contributed by atoms with Crippen molar-refractivity contribution in [3.63, 3.8) is 0 Å². The number of urea groups is 1. The van der Waals surface area contributed by atoms with Crippen molar-refractivity contribution in [2.24, 2.45) is 0 Å². The summed E-state index contributed by atoms with van der Waals surface area (Å²) in [5, 5.41) is 18.0. The minimum Gasteiger partial charge on any atom is -0.481 e. The van der Waals surface area contributed by atoms with Crippen LogP contribution < -0.4 is 10.6 Å². The SMILES string of the molecule is CC(C)n1cc(NC(=O)NCCCCCC(=O)O)cn1. The zero-order chi connectivity index (χ0) is 15.0. The van der Waals surface area contributed by atoms with E-state index in [1.54, 1.807) is 17.1 Å². The second-order valence-electron chi connectivity index (χ2n) is 4.89. The molecule has 3 N–H and O–H groups in total. The third-order valence-electron chi connectivity index (χ3n) is 2.74. The molecular weight excluding hydrogens is 260 g/mol. The van der Waals surface area contributed by atoms with Gasteiger partial charge in [0.05, 0.1) is 11.9 Å². The number of rotatable bonds is 8. The smallest absolute Gasteiger partial charge is 0.319 e. The standard InChI is InChI=1S/C13H22N4O3/c1-10(2)17-9-11(8-15-17)16-13(20)14-7-5-3-4-6-12(18)19/h8-10H,3-7H2,1-2H3,(H,18,19)(H2,14,16,20). The lowest BCUT2D eigenvalue weighted by atomic mass is 10.2. The summed E-state index contributed by atoms with van der Waals surface area (Å²) in [7, 11) is 0. The van der Waals surface area contributed by atoms with Gasteiger partial charge in [0.2, 0.25) is 0 Å². The van der Waals surface area contributed by atoms with Gasteiger partial charge in [-0.2, -0.15) is 5.10 Å². The van der Waals surface area contributed by atoms with Crippen LogP contribution in [0.4, 0.5) is 10.5 Å². The van der Waals surface area contributed by atoms with Gasteiger partial charge in [0.25, 0.3) is 0 Å². The Morgan fingerprint density at radius 1 is 1.35 bits per heavy atom. The van der Waals surface area contributed by atoms with Crippen LogP contribution in [-0.4, -0.2) is 33.4 Å². The molecule has 20 heavy (non-hydrogen) atoms. The van der Waals surface area contributed by atoms with E-state index >= 15 is 0 Å². The Kier molecular flexibility index (Phi) is 6.55. The largest absolute Gasteiger partial charge is 0.481 e. The second-order valence-corrected chi connectivity index (χ2v) is 4.89. The lowest BCUT2D eigenvalue weighted by Gasteiger charge is -2.06. The molecule has 7 nitrogen and oxygen atoms in total. The maximum absolute atomic E-state index is 11.6. The molecule has 0 aliphatic heterocycles. The lowest BCUT2D eigenvalue weighted by Crippen LogP contribution is -2.29. The van der Waals surface area contributed by atoms with Crippen LogP contribution in [0.15, 0.2) is 12.4 Å².